The summed E-state index contributed by atoms with van der Waals surface area (Å²) in [5.41, 5.74) is 3.34. The molecule has 2 aromatic heterocycles. The molecule has 3 aromatic rings. The Morgan fingerprint density at radius 2 is 1.84 bits per heavy atom. The fourth-order valence-corrected chi connectivity index (χ4v) is 5.17. The van der Waals surface area contributed by atoms with Crippen molar-refractivity contribution in [2.45, 2.75) is 44.2 Å². The van der Waals surface area contributed by atoms with E-state index in [0.717, 1.165) is 50.3 Å². The molecule has 5 rings (SSSR count). The highest BCUT2D eigenvalue weighted by Crippen LogP contribution is 2.34. The Kier molecular flexibility index (Phi) is 6.19. The maximum absolute atomic E-state index is 13.0. The zero-order chi connectivity index (χ0) is 21.8. The van der Waals surface area contributed by atoms with Crippen molar-refractivity contribution in [2.75, 3.05) is 32.8 Å². The number of hydrogen-bond donors (Lipinski definition) is 1. The average Bonchev–Trinajstić information content (AvgIpc) is 3.26. The maximum Gasteiger partial charge on any atom is 0.252 e. The van der Waals surface area contributed by atoms with Gasteiger partial charge in [0.15, 0.2) is 5.65 Å². The lowest BCUT2D eigenvalue weighted by atomic mass is 9.79. The fourth-order valence-electron chi connectivity index (χ4n) is 5.17. The average molecular weight is 434 g/mol. The molecule has 1 aromatic carbocycles. The smallest absolute Gasteiger partial charge is 0.252 e. The number of nitrogens with one attached hydrogen (secondary N) is 1. The monoisotopic (exact) mass is 433 g/mol. The first-order valence-electron chi connectivity index (χ1n) is 11.7. The number of morpholine rings is 1. The third kappa shape index (κ3) is 4.40. The molecule has 1 aliphatic carbocycles. The van der Waals surface area contributed by atoms with Crippen LogP contribution in [0.25, 0.3) is 11.2 Å². The number of ether oxygens (including phenoxy) is 1. The van der Waals surface area contributed by atoms with Gasteiger partial charge in [0, 0.05) is 31.4 Å². The number of carbonyl (C=O) groups excluding carboxylic acids is 1. The Labute approximate surface area is 188 Å². The first-order valence-corrected chi connectivity index (χ1v) is 11.7. The molecule has 1 aliphatic heterocycles. The first-order chi connectivity index (χ1) is 15.7. The second-order valence-corrected chi connectivity index (χ2v) is 8.99. The molecule has 7 heteroatoms. The SMILES string of the molecule is O=C(NCC1(N2CCOCC2)CCCCC1)c1cnc2c(c1)ncn2Cc1ccccc1. The summed E-state index contributed by atoms with van der Waals surface area (Å²) >= 11 is 0. The number of aromatic nitrogens is 3. The lowest BCUT2D eigenvalue weighted by Crippen LogP contribution is -2.59. The van der Waals surface area contributed by atoms with Gasteiger partial charge in [0.25, 0.3) is 5.91 Å². The molecule has 32 heavy (non-hydrogen) atoms. The molecule has 2 fully saturated rings. The minimum Gasteiger partial charge on any atom is -0.379 e. The summed E-state index contributed by atoms with van der Waals surface area (Å²) in [5, 5.41) is 3.22. The van der Waals surface area contributed by atoms with Crippen LogP contribution in [0.3, 0.4) is 0 Å². The molecule has 2 aliphatic rings. The zero-order valence-electron chi connectivity index (χ0n) is 18.5. The van der Waals surface area contributed by atoms with E-state index >= 15 is 0 Å². The molecular weight excluding hydrogens is 402 g/mol. The standard InChI is InChI=1S/C25H31N5O2/c31-24(27-18-25(9-5-2-6-10-25)30-11-13-32-14-12-30)21-15-22-23(26-16-21)29(19-28-22)17-20-7-3-1-4-8-20/h1,3-4,7-8,15-16,19H,2,5-6,9-14,17-18H2,(H,27,31). The van der Waals surface area contributed by atoms with Gasteiger partial charge >= 0.3 is 0 Å². The van der Waals surface area contributed by atoms with Crippen LogP contribution in [-0.2, 0) is 11.3 Å². The largest absolute Gasteiger partial charge is 0.379 e. The number of fused-ring (bicyclic) bond motifs is 1. The van der Waals surface area contributed by atoms with Crippen molar-refractivity contribution in [1.82, 2.24) is 24.8 Å². The van der Waals surface area contributed by atoms with E-state index in [9.17, 15) is 4.79 Å². The summed E-state index contributed by atoms with van der Waals surface area (Å²) in [4.78, 5) is 24.6. The van der Waals surface area contributed by atoms with Crippen LogP contribution in [0.15, 0.2) is 48.9 Å². The predicted molar refractivity (Wildman–Crippen MR) is 124 cm³/mol. The van der Waals surface area contributed by atoms with E-state index in [2.05, 4.69) is 32.3 Å². The number of carbonyl (C=O) groups is 1. The van der Waals surface area contributed by atoms with Crippen LogP contribution in [-0.4, -0.2) is 63.7 Å². The summed E-state index contributed by atoms with van der Waals surface area (Å²) in [6.45, 7) is 4.83. The van der Waals surface area contributed by atoms with Gasteiger partial charge in [-0.1, -0.05) is 49.6 Å². The third-order valence-corrected chi connectivity index (χ3v) is 6.96. The zero-order valence-corrected chi connectivity index (χ0v) is 18.5. The normalized spacial score (nSPS) is 19.1. The molecule has 1 N–H and O–H groups in total. The van der Waals surface area contributed by atoms with Crippen LogP contribution in [0.5, 0.6) is 0 Å². The lowest BCUT2D eigenvalue weighted by Gasteiger charge is -2.48. The molecule has 1 saturated heterocycles. The van der Waals surface area contributed by atoms with E-state index in [0.29, 0.717) is 18.7 Å². The molecule has 0 bridgehead atoms. The number of hydrogen-bond acceptors (Lipinski definition) is 5. The molecule has 0 unspecified atom stereocenters. The van der Waals surface area contributed by atoms with Gasteiger partial charge in [0.05, 0.1) is 31.6 Å². The van der Waals surface area contributed by atoms with Gasteiger partial charge in [0.2, 0.25) is 0 Å². The highest BCUT2D eigenvalue weighted by molar-refractivity contribution is 5.96. The van der Waals surface area contributed by atoms with Crippen molar-refractivity contribution in [3.8, 4) is 0 Å². The van der Waals surface area contributed by atoms with Crippen molar-refractivity contribution < 1.29 is 9.53 Å². The Morgan fingerprint density at radius 1 is 1.06 bits per heavy atom. The molecule has 1 amide bonds. The van der Waals surface area contributed by atoms with Crippen LogP contribution in [0.1, 0.15) is 48.0 Å². The molecule has 7 nitrogen and oxygen atoms in total. The van der Waals surface area contributed by atoms with Crippen molar-refractivity contribution >= 4 is 17.1 Å². The quantitative estimate of drug-likeness (QED) is 0.646. The van der Waals surface area contributed by atoms with Crippen LogP contribution >= 0.6 is 0 Å². The number of imidazole rings is 1. The topological polar surface area (TPSA) is 72.3 Å². The summed E-state index contributed by atoms with van der Waals surface area (Å²) in [7, 11) is 0. The van der Waals surface area contributed by atoms with E-state index in [1.165, 1.54) is 24.8 Å². The van der Waals surface area contributed by atoms with E-state index in [4.69, 9.17) is 4.74 Å². The van der Waals surface area contributed by atoms with Gasteiger partial charge < -0.3 is 14.6 Å². The molecule has 0 radical (unpaired) electrons. The minimum absolute atomic E-state index is 0.0481. The van der Waals surface area contributed by atoms with Crippen LogP contribution < -0.4 is 5.32 Å². The second-order valence-electron chi connectivity index (χ2n) is 8.99. The Hall–Kier alpha value is -2.77. The van der Waals surface area contributed by atoms with Gasteiger partial charge in [-0.3, -0.25) is 9.69 Å². The minimum atomic E-state index is -0.0739. The number of amides is 1. The van der Waals surface area contributed by atoms with Crippen molar-refractivity contribution in [2.24, 2.45) is 0 Å². The molecule has 3 heterocycles. The third-order valence-electron chi connectivity index (χ3n) is 6.96. The summed E-state index contributed by atoms with van der Waals surface area (Å²) in [6, 6.07) is 12.1. The van der Waals surface area contributed by atoms with Gasteiger partial charge in [-0.15, -0.1) is 0 Å². The van der Waals surface area contributed by atoms with Crippen molar-refractivity contribution in [3.63, 3.8) is 0 Å². The van der Waals surface area contributed by atoms with E-state index in [1.807, 2.05) is 28.8 Å². The van der Waals surface area contributed by atoms with E-state index < -0.39 is 0 Å². The Balaban J connectivity index is 1.29. The maximum atomic E-state index is 13.0. The van der Waals surface area contributed by atoms with E-state index in [1.54, 1.807) is 12.5 Å². The highest BCUT2D eigenvalue weighted by atomic mass is 16.5. The lowest BCUT2D eigenvalue weighted by molar-refractivity contribution is -0.0361. The Bertz CT molecular complexity index is 1050. The van der Waals surface area contributed by atoms with E-state index in [-0.39, 0.29) is 11.4 Å². The number of rotatable bonds is 6. The van der Waals surface area contributed by atoms with Gasteiger partial charge in [-0.05, 0) is 24.5 Å². The number of pyridine rings is 1. The van der Waals surface area contributed by atoms with Gasteiger partial charge in [0.1, 0.15) is 5.52 Å². The highest BCUT2D eigenvalue weighted by Gasteiger charge is 2.38. The Morgan fingerprint density at radius 3 is 2.62 bits per heavy atom. The second kappa shape index (κ2) is 9.38. The summed E-state index contributed by atoms with van der Waals surface area (Å²) in [6.07, 6.45) is 9.46. The van der Waals surface area contributed by atoms with Crippen LogP contribution in [0, 0.1) is 0 Å². The summed E-state index contributed by atoms with van der Waals surface area (Å²) < 4.78 is 7.58. The number of benzene rings is 1. The number of nitrogens with zero attached hydrogens (tertiary/aromatic N) is 4. The van der Waals surface area contributed by atoms with Crippen molar-refractivity contribution in [3.05, 3.63) is 60.0 Å². The molecule has 0 atom stereocenters. The molecule has 1 saturated carbocycles. The predicted octanol–water partition coefficient (Wildman–Crippen LogP) is 3.24. The fraction of sp³-hybridized carbons (Fsp3) is 0.480. The summed E-state index contributed by atoms with van der Waals surface area (Å²) in [5.74, 6) is -0.0739. The molecular formula is C25H31N5O2. The van der Waals surface area contributed by atoms with Crippen LogP contribution in [0.2, 0.25) is 0 Å². The van der Waals surface area contributed by atoms with Crippen molar-refractivity contribution in [1.29, 1.82) is 0 Å². The van der Waals surface area contributed by atoms with Gasteiger partial charge in [-0.25, -0.2) is 9.97 Å². The van der Waals surface area contributed by atoms with Crippen LogP contribution in [0.4, 0.5) is 0 Å². The molecule has 0 spiro atoms. The first kappa shape index (κ1) is 21.1. The molecule has 168 valence electrons. The van der Waals surface area contributed by atoms with Gasteiger partial charge in [-0.2, -0.15) is 0 Å².